The van der Waals surface area contributed by atoms with Gasteiger partial charge in [-0.1, -0.05) is 0 Å². The van der Waals surface area contributed by atoms with Crippen LogP contribution < -0.4 is 10.6 Å². The van der Waals surface area contributed by atoms with Gasteiger partial charge in [0.05, 0.1) is 13.2 Å². The van der Waals surface area contributed by atoms with E-state index in [2.05, 4.69) is 15.4 Å². The molecule has 5 heteroatoms. The molecule has 13 heavy (non-hydrogen) atoms. The maximum atomic E-state index is 10.8. The highest BCUT2D eigenvalue weighted by atomic mass is 16.5. The van der Waals surface area contributed by atoms with Gasteiger partial charge in [0.1, 0.15) is 0 Å². The van der Waals surface area contributed by atoms with Gasteiger partial charge in [0, 0.05) is 20.0 Å². The number of amides is 1. The predicted octanol–water partition coefficient (Wildman–Crippen LogP) is -0.725. The van der Waals surface area contributed by atoms with Crippen LogP contribution >= 0.6 is 0 Å². The number of rotatable bonds is 6. The van der Waals surface area contributed by atoms with Crippen LogP contribution in [-0.2, 0) is 14.3 Å². The van der Waals surface area contributed by atoms with Crippen LogP contribution in [0.2, 0.25) is 0 Å². The third-order valence-corrected chi connectivity index (χ3v) is 1.25. The summed E-state index contributed by atoms with van der Waals surface area (Å²) in [7, 11) is 0. The highest BCUT2D eigenvalue weighted by Gasteiger charge is 1.98. The minimum atomic E-state index is -0.273. The lowest BCUT2D eigenvalue weighted by atomic mass is 10.5. The number of esters is 1. The summed E-state index contributed by atoms with van der Waals surface area (Å²) in [4.78, 5) is 21.2. The molecule has 0 atom stereocenters. The van der Waals surface area contributed by atoms with Crippen LogP contribution in [-0.4, -0.2) is 38.1 Å². The van der Waals surface area contributed by atoms with Crippen molar-refractivity contribution < 1.29 is 14.3 Å². The molecular weight excluding hydrogens is 172 g/mol. The zero-order valence-corrected chi connectivity index (χ0v) is 8.05. The minimum Gasteiger partial charge on any atom is -0.465 e. The number of hydrogen-bond acceptors (Lipinski definition) is 4. The smallest absolute Gasteiger partial charge is 0.319 e. The number of nitrogens with one attached hydrogen (secondary N) is 2. The Morgan fingerprint density at radius 3 is 2.54 bits per heavy atom. The maximum Gasteiger partial charge on any atom is 0.319 e. The molecule has 0 aromatic rings. The summed E-state index contributed by atoms with van der Waals surface area (Å²) < 4.78 is 4.68. The normalized spacial score (nSPS) is 9.38. The van der Waals surface area contributed by atoms with Gasteiger partial charge in [-0.25, -0.2) is 0 Å². The van der Waals surface area contributed by atoms with Crippen molar-refractivity contribution in [3.8, 4) is 0 Å². The van der Waals surface area contributed by atoms with E-state index in [1.54, 1.807) is 6.92 Å². The molecule has 5 nitrogen and oxygen atoms in total. The van der Waals surface area contributed by atoms with Gasteiger partial charge in [-0.15, -0.1) is 0 Å². The molecule has 1 amide bonds. The first kappa shape index (κ1) is 11.9. The first-order valence-corrected chi connectivity index (χ1v) is 4.27. The molecule has 0 radical (unpaired) electrons. The van der Waals surface area contributed by atoms with Gasteiger partial charge in [0.15, 0.2) is 0 Å². The van der Waals surface area contributed by atoms with Crippen LogP contribution in [0.3, 0.4) is 0 Å². The summed E-state index contributed by atoms with van der Waals surface area (Å²) in [6, 6.07) is 0. The van der Waals surface area contributed by atoms with Gasteiger partial charge >= 0.3 is 5.97 Å². The molecular formula is C8H16N2O3. The van der Waals surface area contributed by atoms with Crippen LogP contribution in [0.4, 0.5) is 0 Å². The molecule has 0 bridgehead atoms. The number of carbonyl (C=O) groups is 2. The van der Waals surface area contributed by atoms with E-state index in [0.717, 1.165) is 0 Å². The number of hydrogen-bond donors (Lipinski definition) is 2. The standard InChI is InChI=1S/C8H16N2O3/c1-3-13-8(12)6-9-4-5-10-7(2)11/h9H,3-6H2,1-2H3,(H,10,11). The molecule has 0 aliphatic carbocycles. The molecule has 0 saturated heterocycles. The summed E-state index contributed by atoms with van der Waals surface area (Å²) in [5.74, 6) is -0.344. The maximum absolute atomic E-state index is 10.8. The molecule has 0 fully saturated rings. The Morgan fingerprint density at radius 2 is 2.00 bits per heavy atom. The summed E-state index contributed by atoms with van der Waals surface area (Å²) >= 11 is 0. The zero-order chi connectivity index (χ0) is 10.1. The van der Waals surface area contributed by atoms with Crippen molar-refractivity contribution >= 4 is 11.9 Å². The highest BCUT2D eigenvalue weighted by molar-refractivity contribution is 5.73. The molecule has 0 spiro atoms. The van der Waals surface area contributed by atoms with E-state index in [-0.39, 0.29) is 18.4 Å². The molecule has 0 aromatic heterocycles. The SMILES string of the molecule is CCOC(=O)CNCCNC(C)=O. The van der Waals surface area contributed by atoms with Gasteiger partial charge in [-0.2, -0.15) is 0 Å². The molecule has 0 unspecified atom stereocenters. The van der Waals surface area contributed by atoms with Gasteiger partial charge in [-0.05, 0) is 6.92 Å². The van der Waals surface area contributed by atoms with Crippen molar-refractivity contribution in [2.75, 3.05) is 26.2 Å². The lowest BCUT2D eigenvalue weighted by Crippen LogP contribution is -2.33. The number of carbonyl (C=O) groups excluding carboxylic acids is 2. The van der Waals surface area contributed by atoms with E-state index in [1.807, 2.05) is 0 Å². The fraction of sp³-hybridized carbons (Fsp3) is 0.750. The molecule has 0 rings (SSSR count). The monoisotopic (exact) mass is 188 g/mol. The van der Waals surface area contributed by atoms with E-state index >= 15 is 0 Å². The van der Waals surface area contributed by atoms with Gasteiger partial charge in [0.25, 0.3) is 0 Å². The molecule has 0 saturated carbocycles. The van der Waals surface area contributed by atoms with Crippen molar-refractivity contribution in [2.24, 2.45) is 0 Å². The summed E-state index contributed by atoms with van der Waals surface area (Å²) in [6.45, 7) is 4.88. The second-order valence-corrected chi connectivity index (χ2v) is 2.46. The summed E-state index contributed by atoms with van der Waals surface area (Å²) in [5.41, 5.74) is 0. The van der Waals surface area contributed by atoms with Gasteiger partial charge < -0.3 is 15.4 Å². The molecule has 0 heterocycles. The predicted molar refractivity (Wildman–Crippen MR) is 48.2 cm³/mol. The lowest BCUT2D eigenvalue weighted by Gasteiger charge is -2.04. The molecule has 2 N–H and O–H groups in total. The Bertz CT molecular complexity index is 171. The average Bonchev–Trinajstić information content (AvgIpc) is 2.03. The van der Waals surface area contributed by atoms with Gasteiger partial charge in [0.2, 0.25) is 5.91 Å². The fourth-order valence-corrected chi connectivity index (χ4v) is 0.729. The fourth-order valence-electron chi connectivity index (χ4n) is 0.729. The van der Waals surface area contributed by atoms with E-state index < -0.39 is 0 Å². The highest BCUT2D eigenvalue weighted by Crippen LogP contribution is 1.74. The Kier molecular flexibility index (Phi) is 6.91. The van der Waals surface area contributed by atoms with E-state index in [9.17, 15) is 9.59 Å². The van der Waals surface area contributed by atoms with Crippen molar-refractivity contribution in [1.82, 2.24) is 10.6 Å². The zero-order valence-electron chi connectivity index (χ0n) is 8.05. The third-order valence-electron chi connectivity index (χ3n) is 1.25. The van der Waals surface area contributed by atoms with Crippen LogP contribution in [0.15, 0.2) is 0 Å². The lowest BCUT2D eigenvalue weighted by molar-refractivity contribution is -0.141. The molecule has 0 aliphatic heterocycles. The summed E-state index contributed by atoms with van der Waals surface area (Å²) in [6.07, 6.45) is 0. The van der Waals surface area contributed by atoms with Crippen molar-refractivity contribution in [1.29, 1.82) is 0 Å². The quantitative estimate of drug-likeness (QED) is 0.426. The molecule has 76 valence electrons. The second-order valence-electron chi connectivity index (χ2n) is 2.46. The van der Waals surface area contributed by atoms with Crippen molar-refractivity contribution in [3.63, 3.8) is 0 Å². The van der Waals surface area contributed by atoms with Crippen molar-refractivity contribution in [2.45, 2.75) is 13.8 Å². The van der Waals surface area contributed by atoms with E-state index in [0.29, 0.717) is 19.7 Å². The topological polar surface area (TPSA) is 67.4 Å². The van der Waals surface area contributed by atoms with Crippen LogP contribution in [0, 0.1) is 0 Å². The van der Waals surface area contributed by atoms with E-state index in [1.165, 1.54) is 6.92 Å². The molecule has 0 aromatic carbocycles. The Morgan fingerprint density at radius 1 is 1.31 bits per heavy atom. The number of ether oxygens (including phenoxy) is 1. The minimum absolute atomic E-state index is 0.0714. The van der Waals surface area contributed by atoms with Crippen molar-refractivity contribution in [3.05, 3.63) is 0 Å². The van der Waals surface area contributed by atoms with Crippen LogP contribution in [0.25, 0.3) is 0 Å². The Hall–Kier alpha value is -1.10. The average molecular weight is 188 g/mol. The first-order chi connectivity index (χ1) is 6.16. The Balaban J connectivity index is 3.16. The Labute approximate surface area is 77.8 Å². The van der Waals surface area contributed by atoms with Crippen LogP contribution in [0.5, 0.6) is 0 Å². The van der Waals surface area contributed by atoms with Gasteiger partial charge in [-0.3, -0.25) is 9.59 Å². The summed E-state index contributed by atoms with van der Waals surface area (Å²) in [5, 5.41) is 5.43. The van der Waals surface area contributed by atoms with Crippen LogP contribution in [0.1, 0.15) is 13.8 Å². The first-order valence-electron chi connectivity index (χ1n) is 4.27. The largest absolute Gasteiger partial charge is 0.465 e. The third kappa shape index (κ3) is 8.81. The molecule has 0 aliphatic rings. The van der Waals surface area contributed by atoms with E-state index in [4.69, 9.17) is 0 Å². The second kappa shape index (κ2) is 7.54.